The molecule has 1 aromatic rings. The van der Waals surface area contributed by atoms with Crippen LogP contribution in [0.4, 0.5) is 0 Å². The first-order valence-electron chi connectivity index (χ1n) is 14.2. The third-order valence-corrected chi connectivity index (χ3v) is 22.4. The minimum Gasteiger partial charge on any atom is -0.0650 e. The molecule has 0 atom stereocenters. The van der Waals surface area contributed by atoms with Crippen molar-refractivity contribution >= 4 is 55.9 Å². The van der Waals surface area contributed by atoms with Gasteiger partial charge in [0.15, 0.2) is 0 Å². The lowest BCUT2D eigenvalue weighted by atomic mass is 10.3. The van der Waals surface area contributed by atoms with Gasteiger partial charge in [0, 0.05) is 0 Å². The van der Waals surface area contributed by atoms with E-state index in [1.165, 1.54) is 0 Å². The van der Waals surface area contributed by atoms with Crippen molar-refractivity contribution in [1.82, 2.24) is 0 Å². The Hall–Kier alpha value is 0.0875. The van der Waals surface area contributed by atoms with Crippen molar-refractivity contribution in [2.45, 2.75) is 155 Å². The molecule has 0 fully saturated rings. The number of rotatable bonds is 12. The molecule has 34 heavy (non-hydrogen) atoms. The molecular weight excluding hydrogens is 473 g/mol. The van der Waals surface area contributed by atoms with Gasteiger partial charge in [-0.25, -0.2) is 0 Å². The third-order valence-electron chi connectivity index (χ3n) is 7.38. The van der Waals surface area contributed by atoms with Gasteiger partial charge in [-0.2, -0.15) is 0 Å². The first-order chi connectivity index (χ1) is 15.6. The highest BCUT2D eigenvalue weighted by molar-refractivity contribution is 6.96. The Balaban J connectivity index is 4.38. The molecule has 0 saturated heterocycles. The Morgan fingerprint density at radius 1 is 0.324 bits per heavy atom. The van der Waals surface area contributed by atoms with E-state index in [-0.39, 0.29) is 0 Å². The summed E-state index contributed by atoms with van der Waals surface area (Å²) >= 11 is 0. The average Bonchev–Trinajstić information content (AvgIpc) is 2.63. The Labute approximate surface area is 222 Å². The zero-order valence-electron chi connectivity index (χ0n) is 25.8. The Morgan fingerprint density at radius 2 is 0.500 bits per heavy atom. The van der Waals surface area contributed by atoms with Gasteiger partial charge >= 0.3 is 0 Å². The molecule has 0 aliphatic heterocycles. The standard InChI is InChI=1S/C30H58Si4/c1-19(2)31(20(3)4)27-17-18-28(32(21(5)6)22(7)8)30(34(25(13)14)26(15)16)29(27)33(23(9)10)24(11)12/h17-26H,1-16H3. The van der Waals surface area contributed by atoms with E-state index < -0.39 is 35.2 Å². The summed E-state index contributed by atoms with van der Waals surface area (Å²) in [6.07, 6.45) is 0. The van der Waals surface area contributed by atoms with Crippen LogP contribution in [0.5, 0.6) is 0 Å². The van der Waals surface area contributed by atoms with Gasteiger partial charge in [0.1, 0.15) is 0 Å². The van der Waals surface area contributed by atoms with E-state index in [1.54, 1.807) is 0 Å². The summed E-state index contributed by atoms with van der Waals surface area (Å²) in [5.74, 6) is 0. The predicted octanol–water partition coefficient (Wildman–Crippen LogP) is 7.77. The molecule has 0 bridgehead atoms. The van der Waals surface area contributed by atoms with Crippen molar-refractivity contribution < 1.29 is 0 Å². The van der Waals surface area contributed by atoms with Crippen LogP contribution in [-0.2, 0) is 0 Å². The van der Waals surface area contributed by atoms with Gasteiger partial charge in [-0.15, -0.1) is 0 Å². The molecule has 0 unspecified atom stereocenters. The van der Waals surface area contributed by atoms with Crippen molar-refractivity contribution in [2.24, 2.45) is 0 Å². The third kappa shape index (κ3) is 7.32. The second-order valence-electron chi connectivity index (χ2n) is 13.0. The highest BCUT2D eigenvalue weighted by atomic mass is 28.3. The van der Waals surface area contributed by atoms with Crippen LogP contribution >= 0.6 is 0 Å². The highest BCUT2D eigenvalue weighted by Gasteiger charge is 2.39. The SMILES string of the molecule is CC(C)[Si](c1ccc([Si](C(C)C)C(C)C)c([Si](C(C)C)C(C)C)c1[Si](C(C)C)C(C)C)C(C)C. The zero-order valence-corrected chi connectivity index (χ0v) is 29.8. The van der Waals surface area contributed by atoms with Crippen LogP contribution in [0.25, 0.3) is 0 Å². The van der Waals surface area contributed by atoms with Crippen molar-refractivity contribution in [1.29, 1.82) is 0 Å². The van der Waals surface area contributed by atoms with Gasteiger partial charge in [-0.3, -0.25) is 0 Å². The molecule has 0 aromatic heterocycles. The van der Waals surface area contributed by atoms with Crippen molar-refractivity contribution in [3.63, 3.8) is 0 Å². The van der Waals surface area contributed by atoms with Gasteiger partial charge in [-0.1, -0.05) is 144 Å². The van der Waals surface area contributed by atoms with Gasteiger partial charge < -0.3 is 0 Å². The second kappa shape index (κ2) is 13.6. The highest BCUT2D eigenvalue weighted by Crippen LogP contribution is 2.27. The average molecular weight is 531 g/mol. The number of hydrogen-bond acceptors (Lipinski definition) is 0. The zero-order chi connectivity index (χ0) is 26.7. The van der Waals surface area contributed by atoms with E-state index in [2.05, 4.69) is 123 Å². The monoisotopic (exact) mass is 530 g/mol. The lowest BCUT2D eigenvalue weighted by molar-refractivity contribution is 0.940. The summed E-state index contributed by atoms with van der Waals surface area (Å²) in [5.41, 5.74) is 6.21. The Bertz CT molecular complexity index is 651. The van der Waals surface area contributed by atoms with Crippen LogP contribution in [0.2, 0.25) is 44.3 Å². The van der Waals surface area contributed by atoms with E-state index in [1.807, 2.05) is 20.7 Å². The topological polar surface area (TPSA) is 0 Å². The molecule has 0 spiro atoms. The molecule has 1 rings (SSSR count). The number of hydrogen-bond donors (Lipinski definition) is 0. The van der Waals surface area contributed by atoms with Crippen LogP contribution in [-0.4, -0.2) is 35.2 Å². The number of benzene rings is 1. The summed E-state index contributed by atoms with van der Waals surface area (Å²) < 4.78 is 0. The van der Waals surface area contributed by atoms with Gasteiger partial charge in [0.05, 0.1) is 35.2 Å². The predicted molar refractivity (Wildman–Crippen MR) is 169 cm³/mol. The summed E-state index contributed by atoms with van der Waals surface area (Å²) in [5, 5.41) is 7.62. The molecule has 0 aliphatic carbocycles. The molecule has 4 heteroatoms. The molecule has 0 saturated carbocycles. The molecule has 0 amide bonds. The van der Waals surface area contributed by atoms with Crippen LogP contribution < -0.4 is 20.7 Å². The fourth-order valence-corrected chi connectivity index (χ4v) is 22.7. The van der Waals surface area contributed by atoms with Crippen LogP contribution in [0.1, 0.15) is 111 Å². The maximum atomic E-state index is 2.70. The summed E-state index contributed by atoms with van der Waals surface area (Å²) in [7, 11) is -2.61. The van der Waals surface area contributed by atoms with Crippen molar-refractivity contribution in [3.05, 3.63) is 12.1 Å². The summed E-state index contributed by atoms with van der Waals surface area (Å²) in [4.78, 5) is 0. The Kier molecular flexibility index (Phi) is 12.8. The van der Waals surface area contributed by atoms with Gasteiger partial charge in [0.25, 0.3) is 0 Å². The minimum atomic E-state index is -0.676. The first-order valence-corrected chi connectivity index (χ1v) is 20.8. The maximum Gasteiger partial charge on any atom is 0.0908 e. The molecule has 0 nitrogen and oxygen atoms in total. The fraction of sp³-hybridized carbons (Fsp3) is 0.800. The Morgan fingerprint density at radius 3 is 0.647 bits per heavy atom. The fourth-order valence-electron chi connectivity index (χ4n) is 6.75. The molecular formula is C30H58Si4. The maximum absolute atomic E-state index is 2.70. The van der Waals surface area contributed by atoms with Gasteiger partial charge in [-0.05, 0) is 44.3 Å². The van der Waals surface area contributed by atoms with E-state index in [9.17, 15) is 0 Å². The second-order valence-corrected chi connectivity index (χ2v) is 27.9. The molecule has 0 N–H and O–H groups in total. The summed E-state index contributed by atoms with van der Waals surface area (Å²) in [6.45, 7) is 40.4. The molecule has 4 radical (unpaired) electrons. The molecule has 194 valence electrons. The first kappa shape index (κ1) is 32.1. The van der Waals surface area contributed by atoms with Crippen LogP contribution in [0, 0.1) is 0 Å². The van der Waals surface area contributed by atoms with Crippen molar-refractivity contribution in [2.75, 3.05) is 0 Å². The van der Waals surface area contributed by atoms with Gasteiger partial charge in [0.2, 0.25) is 0 Å². The smallest absolute Gasteiger partial charge is 0.0650 e. The van der Waals surface area contributed by atoms with Crippen LogP contribution in [0.3, 0.4) is 0 Å². The molecule has 0 heterocycles. The van der Waals surface area contributed by atoms with E-state index >= 15 is 0 Å². The normalized spacial score (nSPS) is 13.5. The lowest BCUT2D eigenvalue weighted by Gasteiger charge is -2.40. The van der Waals surface area contributed by atoms with Crippen LogP contribution in [0.15, 0.2) is 12.1 Å². The van der Waals surface area contributed by atoms with E-state index in [0.29, 0.717) is 0 Å². The lowest BCUT2D eigenvalue weighted by Crippen LogP contribution is -2.68. The quantitative estimate of drug-likeness (QED) is 0.242. The van der Waals surface area contributed by atoms with E-state index in [0.717, 1.165) is 44.3 Å². The van der Waals surface area contributed by atoms with E-state index in [4.69, 9.17) is 0 Å². The molecule has 1 aromatic carbocycles. The minimum absolute atomic E-state index is 0.631. The van der Waals surface area contributed by atoms with Crippen molar-refractivity contribution in [3.8, 4) is 0 Å². The molecule has 0 aliphatic rings. The largest absolute Gasteiger partial charge is 0.0908 e. The summed E-state index contributed by atoms with van der Waals surface area (Å²) in [6, 6.07) is 5.40.